The number of aromatic nitrogens is 4. The molecule has 2 aromatic heterocycles. The smallest absolute Gasteiger partial charge is 0.273 e. The van der Waals surface area contributed by atoms with Gasteiger partial charge in [0.1, 0.15) is 11.4 Å². The molecule has 5 rings (SSSR count). The summed E-state index contributed by atoms with van der Waals surface area (Å²) in [5, 5.41) is 7.55. The highest BCUT2D eigenvalue weighted by Gasteiger charge is 2.41. The number of rotatable bonds is 8. The van der Waals surface area contributed by atoms with Crippen LogP contribution in [0.25, 0.3) is 11.3 Å². The summed E-state index contributed by atoms with van der Waals surface area (Å²) in [5.74, 6) is 0.779. The number of aryl methyl sites for hydroxylation is 1. The fourth-order valence-corrected chi connectivity index (χ4v) is 4.37. The highest BCUT2D eigenvalue weighted by Crippen LogP contribution is 2.43. The summed E-state index contributed by atoms with van der Waals surface area (Å²) in [4.78, 5) is 19.5. The van der Waals surface area contributed by atoms with E-state index in [4.69, 9.17) is 4.74 Å². The molecule has 7 nitrogen and oxygen atoms in total. The Balaban J connectivity index is 1.53. The molecule has 0 aliphatic carbocycles. The van der Waals surface area contributed by atoms with Crippen LogP contribution in [0.4, 0.5) is 0 Å². The van der Waals surface area contributed by atoms with E-state index in [1.165, 1.54) is 0 Å². The lowest BCUT2D eigenvalue weighted by atomic mass is 9.96. The van der Waals surface area contributed by atoms with E-state index in [1.54, 1.807) is 12.5 Å². The van der Waals surface area contributed by atoms with Crippen LogP contribution in [0.15, 0.2) is 73.3 Å². The standard InChI is InChI=1S/C25H25N5O2/c1-2-32-20-11-6-10-19(16-20)24-21-22(18-8-4-3-5-9-18)27-28-23(21)25(31)30(24)14-7-13-29-15-12-26-17-29/h3-6,8-12,15-17,24H,2,7,13-14H2,1H3,(H,27,28). The van der Waals surface area contributed by atoms with Gasteiger partial charge in [-0.1, -0.05) is 42.5 Å². The van der Waals surface area contributed by atoms with Crippen molar-refractivity contribution in [2.75, 3.05) is 13.2 Å². The number of hydrogen-bond acceptors (Lipinski definition) is 4. The second-order valence-corrected chi connectivity index (χ2v) is 7.79. The van der Waals surface area contributed by atoms with E-state index >= 15 is 0 Å². The van der Waals surface area contributed by atoms with E-state index in [9.17, 15) is 4.79 Å². The maximum absolute atomic E-state index is 13.4. The molecular formula is C25H25N5O2. The van der Waals surface area contributed by atoms with Gasteiger partial charge in [0, 0.05) is 36.6 Å². The van der Waals surface area contributed by atoms with Crippen LogP contribution < -0.4 is 4.74 Å². The van der Waals surface area contributed by atoms with Crippen LogP contribution in [0.5, 0.6) is 5.75 Å². The molecule has 0 radical (unpaired) electrons. The van der Waals surface area contributed by atoms with E-state index < -0.39 is 0 Å². The normalized spacial score (nSPS) is 15.2. The summed E-state index contributed by atoms with van der Waals surface area (Å²) in [5.41, 5.74) is 4.32. The predicted octanol–water partition coefficient (Wildman–Crippen LogP) is 4.31. The van der Waals surface area contributed by atoms with Gasteiger partial charge in [-0.05, 0) is 31.0 Å². The number of carbonyl (C=O) groups is 1. The van der Waals surface area contributed by atoms with Gasteiger partial charge in [0.05, 0.1) is 24.7 Å². The predicted molar refractivity (Wildman–Crippen MR) is 121 cm³/mol. The summed E-state index contributed by atoms with van der Waals surface area (Å²) in [6, 6.07) is 17.8. The summed E-state index contributed by atoms with van der Waals surface area (Å²) in [6.07, 6.45) is 6.33. The van der Waals surface area contributed by atoms with E-state index in [0.717, 1.165) is 41.1 Å². The Hall–Kier alpha value is -3.87. The number of imidazole rings is 1. The third kappa shape index (κ3) is 3.66. The second kappa shape index (κ2) is 8.70. The van der Waals surface area contributed by atoms with Gasteiger partial charge in [0.25, 0.3) is 5.91 Å². The van der Waals surface area contributed by atoms with Crippen molar-refractivity contribution in [2.45, 2.75) is 25.9 Å². The Labute approximate surface area is 186 Å². The number of hydrogen-bond donors (Lipinski definition) is 1. The van der Waals surface area contributed by atoms with Gasteiger partial charge in [0.15, 0.2) is 0 Å². The van der Waals surface area contributed by atoms with E-state index in [2.05, 4.69) is 21.2 Å². The molecule has 2 aromatic carbocycles. The molecule has 7 heteroatoms. The zero-order valence-electron chi connectivity index (χ0n) is 17.9. The second-order valence-electron chi connectivity index (χ2n) is 7.79. The quantitative estimate of drug-likeness (QED) is 0.455. The minimum atomic E-state index is -0.227. The minimum absolute atomic E-state index is 0.0212. The molecule has 1 amide bonds. The fraction of sp³-hybridized carbons (Fsp3) is 0.240. The maximum atomic E-state index is 13.4. The lowest BCUT2D eigenvalue weighted by molar-refractivity contribution is 0.0739. The van der Waals surface area contributed by atoms with Crippen molar-refractivity contribution in [1.82, 2.24) is 24.6 Å². The molecule has 1 N–H and O–H groups in total. The van der Waals surface area contributed by atoms with Crippen molar-refractivity contribution in [2.24, 2.45) is 0 Å². The van der Waals surface area contributed by atoms with E-state index in [0.29, 0.717) is 18.8 Å². The first kappa shape index (κ1) is 20.1. The molecule has 0 spiro atoms. The van der Waals surface area contributed by atoms with Crippen molar-refractivity contribution in [3.8, 4) is 17.0 Å². The molecule has 0 saturated heterocycles. The van der Waals surface area contributed by atoms with Crippen LogP contribution in [0, 0.1) is 0 Å². The molecule has 162 valence electrons. The number of carbonyl (C=O) groups excluding carboxylic acids is 1. The average molecular weight is 428 g/mol. The maximum Gasteiger partial charge on any atom is 0.273 e. The topological polar surface area (TPSA) is 76.0 Å². The van der Waals surface area contributed by atoms with E-state index in [-0.39, 0.29) is 11.9 Å². The zero-order chi connectivity index (χ0) is 21.9. The van der Waals surface area contributed by atoms with Crippen molar-refractivity contribution in [1.29, 1.82) is 0 Å². The molecule has 32 heavy (non-hydrogen) atoms. The SMILES string of the molecule is CCOc1cccc(C2c3c(-c4ccccc4)n[nH]c3C(=O)N2CCCn2ccnc2)c1. The number of ether oxygens (including phenoxy) is 1. The largest absolute Gasteiger partial charge is 0.494 e. The zero-order valence-corrected chi connectivity index (χ0v) is 17.9. The van der Waals surface area contributed by atoms with Crippen LogP contribution in [0.1, 0.15) is 41.0 Å². The molecule has 0 fully saturated rings. The summed E-state index contributed by atoms with van der Waals surface area (Å²) < 4.78 is 7.77. The summed E-state index contributed by atoms with van der Waals surface area (Å²) in [7, 11) is 0. The number of H-pyrrole nitrogens is 1. The average Bonchev–Trinajstić information content (AvgIpc) is 3.54. The number of amides is 1. The molecule has 4 aromatic rings. The number of aromatic amines is 1. The van der Waals surface area contributed by atoms with Crippen molar-refractivity contribution in [3.63, 3.8) is 0 Å². The van der Waals surface area contributed by atoms with Gasteiger partial charge in [-0.3, -0.25) is 9.89 Å². The van der Waals surface area contributed by atoms with Crippen molar-refractivity contribution >= 4 is 5.91 Å². The fourth-order valence-electron chi connectivity index (χ4n) is 4.37. The van der Waals surface area contributed by atoms with Gasteiger partial charge < -0.3 is 14.2 Å². The van der Waals surface area contributed by atoms with Crippen LogP contribution in [0.2, 0.25) is 0 Å². The molecule has 1 unspecified atom stereocenters. The first-order valence-electron chi connectivity index (χ1n) is 10.9. The summed E-state index contributed by atoms with van der Waals surface area (Å²) in [6.45, 7) is 3.98. The number of fused-ring (bicyclic) bond motifs is 1. The molecule has 1 aliphatic heterocycles. The third-order valence-electron chi connectivity index (χ3n) is 5.77. The molecule has 1 atom stereocenters. The third-order valence-corrected chi connectivity index (χ3v) is 5.77. The Kier molecular flexibility index (Phi) is 5.46. The van der Waals surface area contributed by atoms with Gasteiger partial charge in [-0.2, -0.15) is 5.10 Å². The lowest BCUT2D eigenvalue weighted by Crippen LogP contribution is -2.31. The molecule has 1 aliphatic rings. The van der Waals surface area contributed by atoms with Crippen molar-refractivity contribution in [3.05, 3.63) is 90.1 Å². The highest BCUT2D eigenvalue weighted by atomic mass is 16.5. The van der Waals surface area contributed by atoms with Gasteiger partial charge in [-0.15, -0.1) is 0 Å². The van der Waals surface area contributed by atoms with Gasteiger partial charge in [0.2, 0.25) is 0 Å². The van der Waals surface area contributed by atoms with E-state index in [1.807, 2.05) is 71.1 Å². The monoisotopic (exact) mass is 427 g/mol. The molecule has 0 saturated carbocycles. The lowest BCUT2D eigenvalue weighted by Gasteiger charge is -2.27. The Morgan fingerprint density at radius 1 is 1.09 bits per heavy atom. The van der Waals surface area contributed by atoms with Gasteiger partial charge >= 0.3 is 0 Å². The molecular weight excluding hydrogens is 402 g/mol. The first-order chi connectivity index (χ1) is 15.8. The van der Waals surface area contributed by atoms with Crippen LogP contribution in [-0.4, -0.2) is 43.7 Å². The Bertz CT molecular complexity index is 1200. The van der Waals surface area contributed by atoms with Gasteiger partial charge in [-0.25, -0.2) is 4.98 Å². The number of benzene rings is 2. The van der Waals surface area contributed by atoms with Crippen LogP contribution in [-0.2, 0) is 6.54 Å². The highest BCUT2D eigenvalue weighted by molar-refractivity contribution is 6.00. The van der Waals surface area contributed by atoms with Crippen LogP contribution in [0.3, 0.4) is 0 Å². The van der Waals surface area contributed by atoms with Crippen LogP contribution >= 0.6 is 0 Å². The molecule has 3 heterocycles. The molecule has 0 bridgehead atoms. The Morgan fingerprint density at radius 2 is 1.97 bits per heavy atom. The van der Waals surface area contributed by atoms with Crippen molar-refractivity contribution < 1.29 is 9.53 Å². The number of nitrogens with one attached hydrogen (secondary N) is 1. The number of nitrogens with zero attached hydrogens (tertiary/aromatic N) is 4. The first-order valence-corrected chi connectivity index (χ1v) is 10.9. The Morgan fingerprint density at radius 3 is 2.75 bits per heavy atom. The summed E-state index contributed by atoms with van der Waals surface area (Å²) >= 11 is 0. The minimum Gasteiger partial charge on any atom is -0.494 e.